The normalized spacial score (nSPS) is 29.6. The molecule has 2 aliphatic rings. The molecule has 96 valence electrons. The Kier molecular flexibility index (Phi) is 2.89. The minimum absolute atomic E-state index is 0.0261. The van der Waals surface area contributed by atoms with Crippen LogP contribution in [0.15, 0.2) is 24.3 Å². The van der Waals surface area contributed by atoms with Gasteiger partial charge < -0.3 is 4.90 Å². The molecule has 0 radical (unpaired) electrons. The predicted molar refractivity (Wildman–Crippen MR) is 77.2 cm³/mol. The zero-order chi connectivity index (χ0) is 12.9. The molecule has 2 heterocycles. The Morgan fingerprint density at radius 2 is 1.83 bits per heavy atom. The number of anilines is 1. The van der Waals surface area contributed by atoms with Gasteiger partial charge in [0.15, 0.2) is 9.84 Å². The third-order valence-corrected chi connectivity index (χ3v) is 6.08. The van der Waals surface area contributed by atoms with Crippen molar-refractivity contribution in [2.24, 2.45) is 5.92 Å². The van der Waals surface area contributed by atoms with E-state index in [0.717, 1.165) is 9.26 Å². The Labute approximate surface area is 119 Å². The van der Waals surface area contributed by atoms with Crippen LogP contribution in [0, 0.1) is 9.49 Å². The molecule has 4 nitrogen and oxygen atoms in total. The molecule has 2 fully saturated rings. The molecule has 2 unspecified atom stereocenters. The summed E-state index contributed by atoms with van der Waals surface area (Å²) in [7, 11) is -2.97. The lowest BCUT2D eigenvalue weighted by atomic mass is 10.1. The molecule has 0 saturated carbocycles. The van der Waals surface area contributed by atoms with Crippen LogP contribution in [0.1, 0.15) is 6.42 Å². The minimum Gasteiger partial charge on any atom is -0.308 e. The summed E-state index contributed by atoms with van der Waals surface area (Å²) in [6.07, 6.45) is 0.357. The molecule has 6 heteroatoms. The summed E-state index contributed by atoms with van der Waals surface area (Å²) in [5, 5.41) is 0. The van der Waals surface area contributed by atoms with Crippen LogP contribution < -0.4 is 4.90 Å². The molecule has 1 aromatic carbocycles. The van der Waals surface area contributed by atoms with Gasteiger partial charge in [0.05, 0.1) is 17.5 Å². The molecule has 0 aromatic heterocycles. The minimum atomic E-state index is -2.97. The number of hydrogen-bond acceptors (Lipinski definition) is 3. The van der Waals surface area contributed by atoms with Gasteiger partial charge >= 0.3 is 0 Å². The molecule has 0 bridgehead atoms. The quantitative estimate of drug-likeness (QED) is 0.697. The number of carbonyl (C=O) groups excluding carboxylic acids is 1. The van der Waals surface area contributed by atoms with Gasteiger partial charge in [0.25, 0.3) is 0 Å². The fourth-order valence-electron chi connectivity index (χ4n) is 2.83. The summed E-state index contributed by atoms with van der Waals surface area (Å²) in [5.74, 6) is 0.280. The highest BCUT2D eigenvalue weighted by molar-refractivity contribution is 14.1. The number of nitrogens with zero attached hydrogens (tertiary/aromatic N) is 1. The van der Waals surface area contributed by atoms with Gasteiger partial charge in [-0.2, -0.15) is 0 Å². The Morgan fingerprint density at radius 1 is 1.17 bits per heavy atom. The second kappa shape index (κ2) is 4.19. The summed E-state index contributed by atoms with van der Waals surface area (Å²) < 4.78 is 24.4. The Hall–Kier alpha value is -0.630. The van der Waals surface area contributed by atoms with Gasteiger partial charge in [-0.15, -0.1) is 0 Å². The van der Waals surface area contributed by atoms with Crippen LogP contribution in [0.3, 0.4) is 0 Å². The molecule has 2 atom stereocenters. The lowest BCUT2D eigenvalue weighted by Crippen LogP contribution is -2.36. The van der Waals surface area contributed by atoms with E-state index >= 15 is 0 Å². The molecule has 0 aliphatic carbocycles. The third-order valence-electron chi connectivity index (χ3n) is 3.58. The fourth-order valence-corrected chi connectivity index (χ4v) is 5.26. The van der Waals surface area contributed by atoms with Crippen molar-refractivity contribution >= 4 is 44.0 Å². The van der Waals surface area contributed by atoms with E-state index in [1.54, 1.807) is 4.90 Å². The van der Waals surface area contributed by atoms with E-state index in [4.69, 9.17) is 0 Å². The van der Waals surface area contributed by atoms with Crippen molar-refractivity contribution in [2.45, 2.75) is 12.5 Å². The molecule has 1 amide bonds. The summed E-state index contributed by atoms with van der Waals surface area (Å²) >= 11 is 2.20. The van der Waals surface area contributed by atoms with Crippen molar-refractivity contribution in [1.82, 2.24) is 0 Å². The van der Waals surface area contributed by atoms with Crippen LogP contribution in [-0.4, -0.2) is 31.9 Å². The first-order valence-corrected chi connectivity index (χ1v) is 8.64. The maximum Gasteiger partial charge on any atom is 0.227 e. The van der Waals surface area contributed by atoms with E-state index < -0.39 is 9.84 Å². The summed E-state index contributed by atoms with van der Waals surface area (Å²) in [6.45, 7) is 0. The van der Waals surface area contributed by atoms with Crippen molar-refractivity contribution in [3.63, 3.8) is 0 Å². The number of benzene rings is 1. The second-order valence-corrected chi connectivity index (χ2v) is 8.25. The zero-order valence-electron chi connectivity index (χ0n) is 9.54. The topological polar surface area (TPSA) is 54.5 Å². The number of carbonyl (C=O) groups is 1. The highest BCUT2D eigenvalue weighted by atomic mass is 127. The molecule has 2 aliphatic heterocycles. The average molecular weight is 377 g/mol. The van der Waals surface area contributed by atoms with E-state index in [2.05, 4.69) is 22.6 Å². The smallest absolute Gasteiger partial charge is 0.227 e. The van der Waals surface area contributed by atoms with Crippen molar-refractivity contribution in [3.8, 4) is 0 Å². The van der Waals surface area contributed by atoms with Gasteiger partial charge in [-0.1, -0.05) is 0 Å². The van der Waals surface area contributed by atoms with E-state index in [1.807, 2.05) is 24.3 Å². The number of hydrogen-bond donors (Lipinski definition) is 0. The predicted octanol–water partition coefficient (Wildman–Crippen LogP) is 1.44. The van der Waals surface area contributed by atoms with Gasteiger partial charge in [-0.05, 0) is 46.9 Å². The van der Waals surface area contributed by atoms with Crippen LogP contribution in [0.5, 0.6) is 0 Å². The van der Waals surface area contributed by atoms with Crippen LogP contribution in [0.4, 0.5) is 5.69 Å². The zero-order valence-corrected chi connectivity index (χ0v) is 12.5. The monoisotopic (exact) mass is 377 g/mol. The van der Waals surface area contributed by atoms with E-state index in [0.29, 0.717) is 6.42 Å². The SMILES string of the molecule is O=C1CC2CS(=O)(=O)CC2N1c1ccc(I)cc1. The number of sulfone groups is 1. The molecule has 1 aromatic rings. The molecule has 0 spiro atoms. The molecule has 2 saturated heterocycles. The Bertz CT molecular complexity index is 596. The van der Waals surface area contributed by atoms with E-state index in [1.165, 1.54) is 0 Å². The fraction of sp³-hybridized carbons (Fsp3) is 0.417. The standard InChI is InChI=1S/C12H12INO3S/c13-9-1-3-10(4-2-9)14-11-7-18(16,17)6-8(11)5-12(14)15/h1-4,8,11H,5-7H2. The van der Waals surface area contributed by atoms with Crippen molar-refractivity contribution in [2.75, 3.05) is 16.4 Å². The van der Waals surface area contributed by atoms with Gasteiger partial charge in [-0.25, -0.2) is 8.42 Å². The first kappa shape index (κ1) is 12.4. The van der Waals surface area contributed by atoms with Crippen molar-refractivity contribution in [1.29, 1.82) is 0 Å². The third kappa shape index (κ3) is 2.05. The van der Waals surface area contributed by atoms with Crippen molar-refractivity contribution in [3.05, 3.63) is 27.8 Å². The lowest BCUT2D eigenvalue weighted by Gasteiger charge is -2.23. The van der Waals surface area contributed by atoms with E-state index in [-0.39, 0.29) is 29.4 Å². The molecule has 0 N–H and O–H groups in total. The molecular formula is C12H12INO3S. The molecule has 3 rings (SSSR count). The molecule has 18 heavy (non-hydrogen) atoms. The van der Waals surface area contributed by atoms with Crippen LogP contribution in [0.2, 0.25) is 0 Å². The van der Waals surface area contributed by atoms with Gasteiger partial charge in [-0.3, -0.25) is 4.79 Å². The Morgan fingerprint density at radius 3 is 2.50 bits per heavy atom. The second-order valence-electron chi connectivity index (χ2n) is 4.85. The van der Waals surface area contributed by atoms with Crippen LogP contribution >= 0.6 is 22.6 Å². The number of fused-ring (bicyclic) bond motifs is 1. The van der Waals surface area contributed by atoms with Crippen LogP contribution in [-0.2, 0) is 14.6 Å². The van der Waals surface area contributed by atoms with Gasteiger partial charge in [0.1, 0.15) is 0 Å². The number of amides is 1. The highest BCUT2D eigenvalue weighted by Gasteiger charge is 2.49. The van der Waals surface area contributed by atoms with Gasteiger partial charge in [0, 0.05) is 21.6 Å². The van der Waals surface area contributed by atoms with Crippen molar-refractivity contribution < 1.29 is 13.2 Å². The first-order valence-electron chi connectivity index (χ1n) is 5.74. The number of halogens is 1. The first-order chi connectivity index (χ1) is 8.46. The van der Waals surface area contributed by atoms with E-state index in [9.17, 15) is 13.2 Å². The lowest BCUT2D eigenvalue weighted by molar-refractivity contribution is -0.117. The summed E-state index contributed by atoms with van der Waals surface area (Å²) in [6, 6.07) is 7.46. The Balaban J connectivity index is 1.96. The average Bonchev–Trinajstić information content (AvgIpc) is 2.70. The van der Waals surface area contributed by atoms with Gasteiger partial charge in [0.2, 0.25) is 5.91 Å². The maximum absolute atomic E-state index is 12.0. The molecular weight excluding hydrogens is 365 g/mol. The summed E-state index contributed by atoms with van der Waals surface area (Å²) in [5.41, 5.74) is 0.810. The maximum atomic E-state index is 12.0. The largest absolute Gasteiger partial charge is 0.308 e. The highest BCUT2D eigenvalue weighted by Crippen LogP contribution is 2.37. The number of rotatable bonds is 1. The van der Waals surface area contributed by atoms with Crippen LogP contribution in [0.25, 0.3) is 0 Å². The summed E-state index contributed by atoms with van der Waals surface area (Å²) in [4.78, 5) is 13.7.